The molecule has 226 valence electrons. The standard InChI is InChI=1S/C31H30ClN7O5/c1-31(2,3)44-30(43)37-24-15-38(4)27(36-24)28(41)33-17-9-10-20-21(11-17)35-26(34-20)29(42)39-14-16(13-32)25-19-8-6-5-7-18(19)23(40)12-22(25)39/h5-12,15-16,40H,13-14H2,1-4H3,(H,33,41)(H,34,35)(H,37,43)/t16-/m1/s1. The monoisotopic (exact) mass is 615 g/mol. The van der Waals surface area contributed by atoms with Crippen LogP contribution in [-0.2, 0) is 11.8 Å². The number of imidazole rings is 2. The Morgan fingerprint density at radius 2 is 1.84 bits per heavy atom. The Hall–Kier alpha value is -5.10. The number of halogens is 1. The molecule has 1 aliphatic heterocycles. The molecule has 0 saturated carbocycles. The van der Waals surface area contributed by atoms with Crippen molar-refractivity contribution in [2.75, 3.05) is 28.0 Å². The molecule has 0 aliphatic carbocycles. The fourth-order valence-corrected chi connectivity index (χ4v) is 5.65. The molecular weight excluding hydrogens is 586 g/mol. The Balaban J connectivity index is 1.22. The number of nitrogens with zero attached hydrogens (tertiary/aromatic N) is 4. The van der Waals surface area contributed by atoms with Crippen LogP contribution in [0.2, 0.25) is 0 Å². The highest BCUT2D eigenvalue weighted by Crippen LogP contribution is 2.45. The van der Waals surface area contributed by atoms with Crippen molar-refractivity contribution in [1.82, 2.24) is 19.5 Å². The molecule has 1 atom stereocenters. The number of hydrogen-bond acceptors (Lipinski definition) is 7. The summed E-state index contributed by atoms with van der Waals surface area (Å²) in [5.41, 5.74) is 2.34. The molecule has 5 aromatic rings. The lowest BCUT2D eigenvalue weighted by Crippen LogP contribution is -2.30. The van der Waals surface area contributed by atoms with Gasteiger partial charge in [0.25, 0.3) is 11.8 Å². The molecule has 6 rings (SSSR count). The molecule has 0 saturated heterocycles. The fourth-order valence-electron chi connectivity index (χ4n) is 5.39. The molecule has 0 radical (unpaired) electrons. The molecule has 44 heavy (non-hydrogen) atoms. The quantitative estimate of drug-likeness (QED) is 0.184. The van der Waals surface area contributed by atoms with Gasteiger partial charge in [-0.25, -0.2) is 14.8 Å². The molecule has 0 fully saturated rings. The number of carbonyl (C=O) groups excluding carboxylic acids is 3. The van der Waals surface area contributed by atoms with Crippen LogP contribution < -0.4 is 15.5 Å². The van der Waals surface area contributed by atoms with Gasteiger partial charge in [-0.3, -0.25) is 14.9 Å². The number of rotatable bonds is 5. The number of aromatic hydroxyl groups is 1. The van der Waals surface area contributed by atoms with Gasteiger partial charge < -0.3 is 29.6 Å². The maximum Gasteiger partial charge on any atom is 0.413 e. The Bertz CT molecular complexity index is 1960. The van der Waals surface area contributed by atoms with Gasteiger partial charge in [-0.2, -0.15) is 0 Å². The average molecular weight is 616 g/mol. The van der Waals surface area contributed by atoms with E-state index in [0.29, 0.717) is 40.2 Å². The summed E-state index contributed by atoms with van der Waals surface area (Å²) in [7, 11) is 1.63. The minimum Gasteiger partial charge on any atom is -0.507 e. The second kappa shape index (κ2) is 10.9. The van der Waals surface area contributed by atoms with Crippen LogP contribution >= 0.6 is 11.6 Å². The number of nitrogens with one attached hydrogen (secondary N) is 3. The topological polar surface area (TPSA) is 154 Å². The number of fused-ring (bicyclic) bond motifs is 4. The van der Waals surface area contributed by atoms with Gasteiger partial charge in [-0.05, 0) is 49.9 Å². The summed E-state index contributed by atoms with van der Waals surface area (Å²) in [4.78, 5) is 52.2. The first kappa shape index (κ1) is 29.0. The first-order chi connectivity index (χ1) is 20.9. The fraction of sp³-hybridized carbons (Fsp3) is 0.258. The number of aryl methyl sites for hydroxylation is 1. The van der Waals surface area contributed by atoms with Gasteiger partial charge in [0.15, 0.2) is 11.6 Å². The largest absolute Gasteiger partial charge is 0.507 e. The summed E-state index contributed by atoms with van der Waals surface area (Å²) >= 11 is 6.33. The van der Waals surface area contributed by atoms with Crippen molar-refractivity contribution in [2.24, 2.45) is 7.05 Å². The zero-order valence-electron chi connectivity index (χ0n) is 24.4. The molecule has 0 spiro atoms. The van der Waals surface area contributed by atoms with E-state index in [1.807, 2.05) is 24.3 Å². The van der Waals surface area contributed by atoms with E-state index in [2.05, 4.69) is 25.6 Å². The first-order valence-electron chi connectivity index (χ1n) is 13.9. The van der Waals surface area contributed by atoms with E-state index in [1.54, 1.807) is 57.0 Å². The van der Waals surface area contributed by atoms with E-state index in [1.165, 1.54) is 10.8 Å². The van der Waals surface area contributed by atoms with Crippen molar-refractivity contribution in [3.63, 3.8) is 0 Å². The molecule has 2 aromatic heterocycles. The van der Waals surface area contributed by atoms with Crippen LogP contribution in [0.4, 0.5) is 22.0 Å². The average Bonchev–Trinajstić information content (AvgIpc) is 3.66. The van der Waals surface area contributed by atoms with Gasteiger partial charge >= 0.3 is 6.09 Å². The van der Waals surface area contributed by atoms with Gasteiger partial charge in [0.1, 0.15) is 11.4 Å². The van der Waals surface area contributed by atoms with Gasteiger partial charge in [0, 0.05) is 48.7 Å². The highest BCUT2D eigenvalue weighted by atomic mass is 35.5. The predicted molar refractivity (Wildman–Crippen MR) is 168 cm³/mol. The third-order valence-electron chi connectivity index (χ3n) is 7.23. The van der Waals surface area contributed by atoms with E-state index in [-0.39, 0.29) is 35.0 Å². The highest BCUT2D eigenvalue weighted by molar-refractivity contribution is 6.19. The molecule has 3 amide bonds. The number of hydrogen-bond donors (Lipinski definition) is 4. The SMILES string of the molecule is Cn1cc(NC(=O)OC(C)(C)C)nc1C(=O)Nc1ccc2nc(C(=O)N3C[C@@H](CCl)c4c3cc(O)c3ccccc43)[nH]c2c1. The Labute approximate surface area is 257 Å². The first-order valence-corrected chi connectivity index (χ1v) is 14.4. The predicted octanol–water partition coefficient (Wildman–Crippen LogP) is 5.74. The zero-order valence-corrected chi connectivity index (χ0v) is 25.2. The number of phenolic OH excluding ortho intramolecular Hbond substituents is 1. The van der Waals surface area contributed by atoms with E-state index >= 15 is 0 Å². The normalized spacial score (nSPS) is 14.6. The van der Waals surface area contributed by atoms with Crippen molar-refractivity contribution >= 4 is 68.5 Å². The molecule has 0 bridgehead atoms. The lowest BCUT2D eigenvalue weighted by molar-refractivity contribution is 0.0634. The van der Waals surface area contributed by atoms with Crippen LogP contribution in [0.3, 0.4) is 0 Å². The number of ether oxygens (including phenoxy) is 1. The number of aromatic amines is 1. The van der Waals surface area contributed by atoms with Crippen LogP contribution in [0.25, 0.3) is 21.8 Å². The second-order valence-electron chi connectivity index (χ2n) is 11.6. The number of anilines is 3. The summed E-state index contributed by atoms with van der Waals surface area (Å²) in [5, 5.41) is 17.6. The lowest BCUT2D eigenvalue weighted by atomic mass is 9.95. The van der Waals surface area contributed by atoms with E-state index in [9.17, 15) is 19.5 Å². The number of amides is 3. The van der Waals surface area contributed by atoms with Gasteiger partial charge in [-0.15, -0.1) is 11.6 Å². The summed E-state index contributed by atoms with van der Waals surface area (Å²) in [6, 6.07) is 14.1. The molecular formula is C31H30ClN7O5. The van der Waals surface area contributed by atoms with Crippen LogP contribution in [0.1, 0.15) is 53.5 Å². The third-order valence-corrected chi connectivity index (χ3v) is 7.60. The van der Waals surface area contributed by atoms with Crippen molar-refractivity contribution in [3.05, 3.63) is 71.9 Å². The summed E-state index contributed by atoms with van der Waals surface area (Å²) < 4.78 is 6.72. The smallest absolute Gasteiger partial charge is 0.413 e. The van der Waals surface area contributed by atoms with E-state index < -0.39 is 17.6 Å². The highest BCUT2D eigenvalue weighted by Gasteiger charge is 2.36. The molecule has 3 aromatic carbocycles. The van der Waals surface area contributed by atoms with Crippen LogP contribution in [0.5, 0.6) is 5.75 Å². The van der Waals surface area contributed by atoms with Gasteiger partial charge in [0.05, 0.1) is 16.7 Å². The summed E-state index contributed by atoms with van der Waals surface area (Å²) in [6.45, 7) is 5.58. The summed E-state index contributed by atoms with van der Waals surface area (Å²) in [6.07, 6.45) is 0.821. The molecule has 3 heterocycles. The minimum atomic E-state index is -0.682. The molecule has 0 unspecified atom stereocenters. The molecule has 4 N–H and O–H groups in total. The Morgan fingerprint density at radius 1 is 1.09 bits per heavy atom. The maximum absolute atomic E-state index is 13.7. The molecule has 12 nitrogen and oxygen atoms in total. The summed E-state index contributed by atoms with van der Waals surface area (Å²) in [5.74, 6) is -0.255. The van der Waals surface area contributed by atoms with Crippen molar-refractivity contribution in [3.8, 4) is 5.75 Å². The maximum atomic E-state index is 13.7. The zero-order chi connectivity index (χ0) is 31.3. The number of carbonyl (C=O) groups is 3. The Kier molecular flexibility index (Phi) is 7.16. The third kappa shape index (κ3) is 5.39. The van der Waals surface area contributed by atoms with E-state index in [0.717, 1.165) is 10.9 Å². The lowest BCUT2D eigenvalue weighted by Gasteiger charge is -2.18. The number of H-pyrrole nitrogens is 1. The van der Waals surface area contributed by atoms with Gasteiger partial charge in [-0.1, -0.05) is 24.3 Å². The number of aromatic nitrogens is 4. The number of alkyl halides is 1. The molecule has 1 aliphatic rings. The Morgan fingerprint density at radius 3 is 2.57 bits per heavy atom. The van der Waals surface area contributed by atoms with Crippen molar-refractivity contribution in [1.29, 1.82) is 0 Å². The van der Waals surface area contributed by atoms with Crippen LogP contribution in [-0.4, -0.2) is 60.6 Å². The van der Waals surface area contributed by atoms with E-state index in [4.69, 9.17) is 16.3 Å². The molecule has 13 heteroatoms. The van der Waals surface area contributed by atoms with Crippen molar-refractivity contribution in [2.45, 2.75) is 32.3 Å². The number of phenols is 1. The van der Waals surface area contributed by atoms with Crippen molar-refractivity contribution < 1.29 is 24.2 Å². The minimum absolute atomic E-state index is 0.0638. The van der Waals surface area contributed by atoms with Crippen LogP contribution in [0, 0.1) is 0 Å². The van der Waals surface area contributed by atoms with Gasteiger partial charge in [0.2, 0.25) is 5.82 Å². The van der Waals surface area contributed by atoms with Crippen LogP contribution in [0.15, 0.2) is 54.7 Å². The number of benzene rings is 3. The second-order valence-corrected chi connectivity index (χ2v) is 11.9.